The highest BCUT2D eigenvalue weighted by atomic mass is 16.6. The van der Waals surface area contributed by atoms with Gasteiger partial charge in [-0.3, -0.25) is 4.79 Å². The quantitative estimate of drug-likeness (QED) is 0.486. The third-order valence-corrected chi connectivity index (χ3v) is 3.47. The number of carbonyl (C=O) groups excluding carboxylic acids is 2. The fourth-order valence-electron chi connectivity index (χ4n) is 2.24. The van der Waals surface area contributed by atoms with Gasteiger partial charge in [0.2, 0.25) is 0 Å². The molecule has 1 aromatic carbocycles. The summed E-state index contributed by atoms with van der Waals surface area (Å²) in [6.07, 6.45) is 1.53. The number of para-hydroxylation sites is 1. The second kappa shape index (κ2) is 10.5. The second-order valence-corrected chi connectivity index (χ2v) is 7.00. The van der Waals surface area contributed by atoms with Crippen LogP contribution >= 0.6 is 0 Å². The maximum Gasteiger partial charge on any atom is 0.408 e. The van der Waals surface area contributed by atoms with E-state index in [1.54, 1.807) is 20.8 Å². The minimum absolute atomic E-state index is 0.246. The Labute approximate surface area is 155 Å². The Hall–Kier alpha value is -2.44. The van der Waals surface area contributed by atoms with Crippen molar-refractivity contribution in [2.75, 3.05) is 13.2 Å². The Morgan fingerprint density at radius 1 is 1.27 bits per heavy atom. The van der Waals surface area contributed by atoms with Gasteiger partial charge in [-0.2, -0.15) is 5.11 Å². The minimum Gasteiger partial charge on any atom is -0.493 e. The van der Waals surface area contributed by atoms with Crippen LogP contribution in [0.2, 0.25) is 0 Å². The smallest absolute Gasteiger partial charge is 0.408 e. The summed E-state index contributed by atoms with van der Waals surface area (Å²) in [6, 6.07) is 6.58. The molecule has 0 saturated carbocycles. The van der Waals surface area contributed by atoms with E-state index in [-0.39, 0.29) is 18.7 Å². The van der Waals surface area contributed by atoms with Gasteiger partial charge in [0.1, 0.15) is 17.9 Å². The summed E-state index contributed by atoms with van der Waals surface area (Å²) in [5.41, 5.74) is 7.06. The maximum absolute atomic E-state index is 12.3. The molecule has 7 heteroatoms. The Bertz CT molecular complexity index is 611. The molecule has 0 fully saturated rings. The molecule has 0 radical (unpaired) electrons. The number of nitrogens with one attached hydrogen (secondary N) is 2. The molecule has 144 valence electrons. The largest absolute Gasteiger partial charge is 0.493 e. The van der Waals surface area contributed by atoms with E-state index in [2.05, 4.69) is 17.4 Å². The summed E-state index contributed by atoms with van der Waals surface area (Å²) < 4.78 is 11.0. The average Bonchev–Trinajstić information content (AvgIpc) is 2.54. The molecule has 1 aromatic rings. The van der Waals surface area contributed by atoms with Crippen molar-refractivity contribution in [3.63, 3.8) is 0 Å². The van der Waals surface area contributed by atoms with E-state index in [1.807, 2.05) is 24.3 Å². The van der Waals surface area contributed by atoms with Gasteiger partial charge >= 0.3 is 6.09 Å². The van der Waals surface area contributed by atoms with Gasteiger partial charge in [0, 0.05) is 6.42 Å². The van der Waals surface area contributed by atoms with Crippen molar-refractivity contribution in [2.45, 2.75) is 58.6 Å². The van der Waals surface area contributed by atoms with Crippen LogP contribution in [0, 0.1) is 5.53 Å². The second-order valence-electron chi connectivity index (χ2n) is 7.00. The maximum atomic E-state index is 12.3. The lowest BCUT2D eigenvalue weighted by Crippen LogP contribution is -2.45. The fourth-order valence-corrected chi connectivity index (χ4v) is 2.24. The van der Waals surface area contributed by atoms with Crippen LogP contribution in [0.25, 0.3) is 0 Å². The van der Waals surface area contributed by atoms with Crippen LogP contribution in [0.5, 0.6) is 5.75 Å². The van der Waals surface area contributed by atoms with Crippen LogP contribution in [0.15, 0.2) is 29.4 Å². The van der Waals surface area contributed by atoms with Crippen molar-refractivity contribution in [1.82, 2.24) is 5.32 Å². The van der Waals surface area contributed by atoms with E-state index in [9.17, 15) is 9.59 Å². The summed E-state index contributed by atoms with van der Waals surface area (Å²) in [5.74, 6) is 0.335. The van der Waals surface area contributed by atoms with Gasteiger partial charge in [-0.1, -0.05) is 31.5 Å². The summed E-state index contributed by atoms with van der Waals surface area (Å²) in [4.78, 5) is 24.4. The molecule has 0 saturated heterocycles. The lowest BCUT2D eigenvalue weighted by molar-refractivity contribution is -0.119. The predicted octanol–water partition coefficient (Wildman–Crippen LogP) is 3.90. The summed E-state index contributed by atoms with van der Waals surface area (Å²) in [6.45, 7) is 7.63. The van der Waals surface area contributed by atoms with E-state index >= 15 is 0 Å². The molecule has 7 nitrogen and oxygen atoms in total. The average molecular weight is 363 g/mol. The third-order valence-electron chi connectivity index (χ3n) is 3.47. The SMILES string of the molecule is CCCCOc1ccccc1C[C@@H](NC(=O)OC(C)(C)C)C(=O)CN=N. The number of unbranched alkanes of at least 4 members (excludes halogenated alkanes) is 1. The number of alkyl carbamates (subject to hydrolysis) is 1. The number of nitrogens with zero attached hydrogens (tertiary/aromatic N) is 1. The molecule has 0 aliphatic carbocycles. The molecule has 0 aliphatic heterocycles. The Balaban J connectivity index is 2.90. The molecule has 0 aromatic heterocycles. The number of ketones is 1. The number of rotatable bonds is 10. The Morgan fingerprint density at radius 3 is 2.58 bits per heavy atom. The molecular formula is C19H29N3O4. The first-order valence-corrected chi connectivity index (χ1v) is 8.83. The van der Waals surface area contributed by atoms with E-state index in [4.69, 9.17) is 15.0 Å². The van der Waals surface area contributed by atoms with Crippen molar-refractivity contribution >= 4 is 11.9 Å². The Kier molecular flexibility index (Phi) is 8.75. The molecule has 26 heavy (non-hydrogen) atoms. The highest BCUT2D eigenvalue weighted by Gasteiger charge is 2.25. The molecule has 0 bridgehead atoms. The molecule has 1 rings (SSSR count). The van der Waals surface area contributed by atoms with Crippen molar-refractivity contribution in [3.8, 4) is 5.75 Å². The first kappa shape index (κ1) is 21.6. The number of amides is 1. The molecule has 0 spiro atoms. The van der Waals surface area contributed by atoms with Crippen LogP contribution in [-0.4, -0.2) is 36.7 Å². The summed E-state index contributed by atoms with van der Waals surface area (Å²) in [5, 5.41) is 5.73. The van der Waals surface area contributed by atoms with Crippen LogP contribution in [0.3, 0.4) is 0 Å². The monoisotopic (exact) mass is 363 g/mol. The molecule has 0 aliphatic rings. The standard InChI is InChI=1S/C19H29N3O4/c1-5-6-11-25-17-10-8-7-9-14(17)12-15(16(23)13-21-20)22-18(24)26-19(2,3)4/h7-10,15,20H,5-6,11-13H2,1-4H3,(H,22,24)/t15-/m1/s1. The van der Waals surface area contributed by atoms with Gasteiger partial charge in [-0.25, -0.2) is 10.3 Å². The molecule has 0 unspecified atom stereocenters. The molecule has 1 atom stereocenters. The number of hydrogen-bond acceptors (Lipinski definition) is 6. The van der Waals surface area contributed by atoms with Gasteiger partial charge in [0.05, 0.1) is 12.6 Å². The van der Waals surface area contributed by atoms with Gasteiger partial charge < -0.3 is 14.8 Å². The van der Waals surface area contributed by atoms with Crippen molar-refractivity contribution in [3.05, 3.63) is 29.8 Å². The molecular weight excluding hydrogens is 334 g/mol. The lowest BCUT2D eigenvalue weighted by atomic mass is 10.0. The van der Waals surface area contributed by atoms with Crippen LogP contribution in [-0.2, 0) is 16.0 Å². The zero-order chi connectivity index (χ0) is 19.6. The topological polar surface area (TPSA) is 101 Å². The van der Waals surface area contributed by atoms with Gasteiger partial charge in [-0.05, 0) is 38.8 Å². The van der Waals surface area contributed by atoms with E-state index in [1.165, 1.54) is 0 Å². The van der Waals surface area contributed by atoms with E-state index < -0.39 is 17.7 Å². The number of ether oxygens (including phenoxy) is 2. The van der Waals surface area contributed by atoms with Gasteiger partial charge in [0.15, 0.2) is 5.78 Å². The molecule has 2 N–H and O–H groups in total. The van der Waals surface area contributed by atoms with Crippen molar-refractivity contribution < 1.29 is 19.1 Å². The van der Waals surface area contributed by atoms with E-state index in [0.29, 0.717) is 12.4 Å². The lowest BCUT2D eigenvalue weighted by Gasteiger charge is -2.23. The fraction of sp³-hybridized carbons (Fsp3) is 0.579. The number of benzene rings is 1. The zero-order valence-corrected chi connectivity index (χ0v) is 16.0. The van der Waals surface area contributed by atoms with E-state index in [0.717, 1.165) is 18.4 Å². The highest BCUT2D eigenvalue weighted by molar-refractivity contribution is 5.89. The molecule has 0 heterocycles. The Morgan fingerprint density at radius 2 is 1.96 bits per heavy atom. The number of hydrogen-bond donors (Lipinski definition) is 2. The van der Waals surface area contributed by atoms with Crippen LogP contribution < -0.4 is 10.1 Å². The van der Waals surface area contributed by atoms with Crippen LogP contribution in [0.1, 0.15) is 46.1 Å². The summed E-state index contributed by atoms with van der Waals surface area (Å²) >= 11 is 0. The summed E-state index contributed by atoms with van der Waals surface area (Å²) in [7, 11) is 0. The van der Waals surface area contributed by atoms with Crippen molar-refractivity contribution in [2.24, 2.45) is 5.11 Å². The normalized spacial score (nSPS) is 12.2. The zero-order valence-electron chi connectivity index (χ0n) is 16.0. The van der Waals surface area contributed by atoms with Gasteiger partial charge in [0.25, 0.3) is 0 Å². The third kappa shape index (κ3) is 8.09. The predicted molar refractivity (Wildman–Crippen MR) is 98.7 cm³/mol. The number of carbonyl (C=O) groups is 2. The minimum atomic E-state index is -0.838. The first-order valence-electron chi connectivity index (χ1n) is 8.83. The van der Waals surface area contributed by atoms with Gasteiger partial charge in [-0.15, -0.1) is 0 Å². The number of Topliss-reactive ketones (excluding diaryl/α,β-unsaturated/α-hetero) is 1. The van der Waals surface area contributed by atoms with Crippen molar-refractivity contribution in [1.29, 1.82) is 5.53 Å². The highest BCUT2D eigenvalue weighted by Crippen LogP contribution is 2.20. The first-order chi connectivity index (χ1) is 12.3. The molecule has 1 amide bonds. The van der Waals surface area contributed by atoms with Crippen LogP contribution in [0.4, 0.5) is 4.79 Å².